The number of ether oxygens (including phenoxy) is 2. The Bertz CT molecular complexity index is 350. The largest absolute Gasteiger partial charge is 0.351 e. The molecular weight excluding hydrogens is 257 g/mol. The number of hydrogen-bond acceptors (Lipinski definition) is 3. The van der Waals surface area contributed by atoms with Gasteiger partial charge in [-0.3, -0.25) is 0 Å². The van der Waals surface area contributed by atoms with Crippen molar-refractivity contribution >= 4 is 0 Å². The summed E-state index contributed by atoms with van der Waals surface area (Å²) in [5, 5.41) is 3.46. The van der Waals surface area contributed by atoms with Crippen LogP contribution in [-0.4, -0.2) is 32.1 Å². The van der Waals surface area contributed by atoms with Gasteiger partial charge in [-0.25, -0.2) is 4.39 Å². The third-order valence-corrected chi connectivity index (χ3v) is 3.02. The van der Waals surface area contributed by atoms with Gasteiger partial charge in [-0.1, -0.05) is 19.1 Å². The van der Waals surface area contributed by atoms with Crippen molar-refractivity contribution in [1.82, 2.24) is 5.32 Å². The first-order valence-corrected chi connectivity index (χ1v) is 7.42. The highest BCUT2D eigenvalue weighted by Crippen LogP contribution is 2.11. The van der Waals surface area contributed by atoms with Crippen LogP contribution in [0.4, 0.5) is 4.39 Å². The molecule has 1 aromatic carbocycles. The van der Waals surface area contributed by atoms with Crippen LogP contribution in [0.5, 0.6) is 0 Å². The second-order valence-corrected chi connectivity index (χ2v) is 4.67. The van der Waals surface area contributed by atoms with Crippen LogP contribution in [0.25, 0.3) is 0 Å². The normalized spacial score (nSPS) is 12.8. The van der Waals surface area contributed by atoms with Gasteiger partial charge in [-0.2, -0.15) is 0 Å². The molecule has 114 valence electrons. The average Bonchev–Trinajstić information content (AvgIpc) is 2.45. The Morgan fingerprint density at radius 2 is 1.65 bits per heavy atom. The van der Waals surface area contributed by atoms with Crippen molar-refractivity contribution < 1.29 is 13.9 Å². The van der Waals surface area contributed by atoms with Crippen LogP contribution >= 0.6 is 0 Å². The molecule has 0 radical (unpaired) electrons. The number of halogens is 1. The first kappa shape index (κ1) is 17.1. The van der Waals surface area contributed by atoms with E-state index in [9.17, 15) is 4.39 Å². The molecule has 1 atom stereocenters. The molecular formula is C16H26FNO2. The second kappa shape index (κ2) is 9.86. The van der Waals surface area contributed by atoms with Gasteiger partial charge < -0.3 is 14.8 Å². The van der Waals surface area contributed by atoms with E-state index in [1.54, 1.807) is 0 Å². The Morgan fingerprint density at radius 3 is 2.15 bits per heavy atom. The maximum Gasteiger partial charge on any atom is 0.172 e. The van der Waals surface area contributed by atoms with Crippen LogP contribution in [0.2, 0.25) is 0 Å². The molecule has 0 aliphatic carbocycles. The van der Waals surface area contributed by atoms with E-state index in [1.807, 2.05) is 26.0 Å². The predicted octanol–water partition coefficient (Wildman–Crippen LogP) is 3.14. The molecule has 0 aliphatic heterocycles. The van der Waals surface area contributed by atoms with E-state index in [2.05, 4.69) is 12.2 Å². The van der Waals surface area contributed by atoms with E-state index in [-0.39, 0.29) is 18.1 Å². The lowest BCUT2D eigenvalue weighted by Crippen LogP contribution is -2.45. The van der Waals surface area contributed by atoms with Crippen LogP contribution in [-0.2, 0) is 15.9 Å². The Balaban J connectivity index is 2.72. The van der Waals surface area contributed by atoms with E-state index < -0.39 is 0 Å². The molecule has 0 saturated carbocycles. The molecule has 0 spiro atoms. The SMILES string of the molecule is CCCNC(Cc1ccc(F)cc1)C(OCC)OCC. The molecule has 0 aliphatic rings. The van der Waals surface area contributed by atoms with E-state index in [0.29, 0.717) is 13.2 Å². The van der Waals surface area contributed by atoms with E-state index in [0.717, 1.165) is 24.9 Å². The van der Waals surface area contributed by atoms with E-state index >= 15 is 0 Å². The number of nitrogens with one attached hydrogen (secondary N) is 1. The van der Waals surface area contributed by atoms with Crippen molar-refractivity contribution in [2.45, 2.75) is 45.9 Å². The minimum absolute atomic E-state index is 0.0697. The summed E-state index contributed by atoms with van der Waals surface area (Å²) in [6.45, 7) is 8.17. The first-order chi connectivity index (χ1) is 9.71. The fourth-order valence-electron chi connectivity index (χ4n) is 2.08. The Kier molecular flexibility index (Phi) is 8.42. The van der Waals surface area contributed by atoms with Crippen molar-refractivity contribution in [2.24, 2.45) is 0 Å². The highest BCUT2D eigenvalue weighted by atomic mass is 19.1. The summed E-state index contributed by atoms with van der Waals surface area (Å²) in [6.07, 6.45) is 1.53. The van der Waals surface area contributed by atoms with Gasteiger partial charge in [0.2, 0.25) is 0 Å². The fraction of sp³-hybridized carbons (Fsp3) is 0.625. The summed E-state index contributed by atoms with van der Waals surface area (Å²) in [7, 11) is 0. The van der Waals surface area contributed by atoms with Crippen molar-refractivity contribution in [1.29, 1.82) is 0 Å². The third-order valence-electron chi connectivity index (χ3n) is 3.02. The lowest BCUT2D eigenvalue weighted by atomic mass is 10.1. The van der Waals surface area contributed by atoms with Crippen LogP contribution in [0.3, 0.4) is 0 Å². The first-order valence-electron chi connectivity index (χ1n) is 7.42. The third kappa shape index (κ3) is 5.99. The smallest absolute Gasteiger partial charge is 0.172 e. The molecule has 0 aromatic heterocycles. The van der Waals surface area contributed by atoms with Gasteiger partial charge in [0, 0.05) is 13.2 Å². The standard InChI is InChI=1S/C16H26FNO2/c1-4-11-18-15(16(19-5-2)20-6-3)12-13-7-9-14(17)10-8-13/h7-10,15-16,18H,4-6,11-12H2,1-3H3. The Hall–Kier alpha value is -0.970. The summed E-state index contributed by atoms with van der Waals surface area (Å²) in [4.78, 5) is 0. The quantitative estimate of drug-likeness (QED) is 0.669. The minimum Gasteiger partial charge on any atom is -0.351 e. The summed E-state index contributed by atoms with van der Waals surface area (Å²) in [6, 6.07) is 6.67. The summed E-state index contributed by atoms with van der Waals surface area (Å²) in [5.74, 6) is -0.210. The fourth-order valence-corrected chi connectivity index (χ4v) is 2.08. The molecule has 0 saturated heterocycles. The maximum absolute atomic E-state index is 13.0. The molecule has 20 heavy (non-hydrogen) atoms. The zero-order valence-corrected chi connectivity index (χ0v) is 12.7. The van der Waals surface area contributed by atoms with Crippen molar-refractivity contribution in [3.8, 4) is 0 Å². The Morgan fingerprint density at radius 1 is 1.05 bits per heavy atom. The van der Waals surface area contributed by atoms with Gasteiger partial charge in [0.25, 0.3) is 0 Å². The summed E-state index contributed by atoms with van der Waals surface area (Å²) in [5.41, 5.74) is 1.07. The van der Waals surface area contributed by atoms with Gasteiger partial charge in [0.1, 0.15) is 5.82 Å². The molecule has 1 unspecified atom stereocenters. The molecule has 1 N–H and O–H groups in total. The molecule has 1 rings (SSSR count). The molecule has 0 fully saturated rings. The molecule has 0 bridgehead atoms. The van der Waals surface area contributed by atoms with Crippen molar-refractivity contribution in [3.05, 3.63) is 35.6 Å². The number of benzene rings is 1. The highest BCUT2D eigenvalue weighted by Gasteiger charge is 2.22. The van der Waals surface area contributed by atoms with Gasteiger partial charge in [0.15, 0.2) is 6.29 Å². The number of rotatable bonds is 10. The summed E-state index contributed by atoms with van der Waals surface area (Å²) >= 11 is 0. The van der Waals surface area contributed by atoms with E-state index in [4.69, 9.17) is 9.47 Å². The maximum atomic E-state index is 13.0. The second-order valence-electron chi connectivity index (χ2n) is 4.67. The molecule has 0 amide bonds. The van der Waals surface area contributed by atoms with Gasteiger partial charge >= 0.3 is 0 Å². The highest BCUT2D eigenvalue weighted by molar-refractivity contribution is 5.17. The monoisotopic (exact) mass is 283 g/mol. The molecule has 3 nitrogen and oxygen atoms in total. The molecule has 1 aromatic rings. The average molecular weight is 283 g/mol. The van der Waals surface area contributed by atoms with Crippen LogP contribution < -0.4 is 5.32 Å². The summed E-state index contributed by atoms with van der Waals surface area (Å²) < 4.78 is 24.3. The number of hydrogen-bond donors (Lipinski definition) is 1. The minimum atomic E-state index is -0.276. The van der Waals surface area contributed by atoms with Gasteiger partial charge in [0.05, 0.1) is 6.04 Å². The van der Waals surface area contributed by atoms with Crippen molar-refractivity contribution in [3.63, 3.8) is 0 Å². The van der Waals surface area contributed by atoms with Gasteiger partial charge in [-0.05, 0) is 50.9 Å². The van der Waals surface area contributed by atoms with Crippen LogP contribution in [0.1, 0.15) is 32.8 Å². The zero-order chi connectivity index (χ0) is 14.8. The Labute approximate surface area is 121 Å². The van der Waals surface area contributed by atoms with Gasteiger partial charge in [-0.15, -0.1) is 0 Å². The topological polar surface area (TPSA) is 30.5 Å². The van der Waals surface area contributed by atoms with E-state index in [1.165, 1.54) is 12.1 Å². The zero-order valence-electron chi connectivity index (χ0n) is 12.7. The van der Waals surface area contributed by atoms with Crippen molar-refractivity contribution in [2.75, 3.05) is 19.8 Å². The lowest BCUT2D eigenvalue weighted by molar-refractivity contribution is -0.153. The predicted molar refractivity (Wildman–Crippen MR) is 79.2 cm³/mol. The lowest BCUT2D eigenvalue weighted by Gasteiger charge is -2.27. The van der Waals surface area contributed by atoms with Crippen LogP contribution in [0.15, 0.2) is 24.3 Å². The van der Waals surface area contributed by atoms with Crippen LogP contribution in [0, 0.1) is 5.82 Å². The molecule has 4 heteroatoms. The molecule has 0 heterocycles.